The first-order valence-electron chi connectivity index (χ1n) is 26.3. The van der Waals surface area contributed by atoms with Crippen molar-refractivity contribution < 1.29 is 0 Å². The lowest BCUT2D eigenvalue weighted by atomic mass is 9.89. The zero-order chi connectivity index (χ0) is 51.3. The van der Waals surface area contributed by atoms with Crippen molar-refractivity contribution >= 4 is 97.7 Å². The molecule has 0 unspecified atom stereocenters. The van der Waals surface area contributed by atoms with E-state index in [0.29, 0.717) is 0 Å². The number of rotatable bonds is 6. The van der Waals surface area contributed by atoms with Gasteiger partial charge in [-0.1, -0.05) is 164 Å². The van der Waals surface area contributed by atoms with Crippen molar-refractivity contribution in [2.75, 3.05) is 0 Å². The Bertz CT molecular complexity index is 4550. The van der Waals surface area contributed by atoms with Crippen LogP contribution in [-0.2, 0) is 0 Å². The van der Waals surface area contributed by atoms with Gasteiger partial charge in [-0.05, 0) is 154 Å². The Labute approximate surface area is 447 Å². The summed E-state index contributed by atoms with van der Waals surface area (Å²) in [7, 11) is 0. The van der Waals surface area contributed by atoms with Crippen molar-refractivity contribution in [2.24, 2.45) is 0 Å². The topological polar surface area (TPSA) is 77.3 Å². The van der Waals surface area contributed by atoms with E-state index in [-0.39, 0.29) is 0 Å². The van der Waals surface area contributed by atoms with Crippen molar-refractivity contribution in [1.82, 2.24) is 29.9 Å². The normalized spacial score (nSPS) is 11.8. The first kappa shape index (κ1) is 43.8. The molecule has 3 heterocycles. The van der Waals surface area contributed by atoms with E-state index in [4.69, 9.17) is 29.9 Å². The van der Waals surface area contributed by atoms with Crippen LogP contribution in [0.15, 0.2) is 256 Å². The lowest BCUT2D eigenvalue weighted by molar-refractivity contribution is 1.31. The first-order chi connectivity index (χ1) is 38.6. The number of aromatic nitrogens is 6. The van der Waals surface area contributed by atoms with E-state index in [1.165, 1.54) is 32.3 Å². The number of nitrogens with zero attached hydrogens (tertiary/aromatic N) is 6. The molecule has 13 aromatic carbocycles. The van der Waals surface area contributed by atoms with Gasteiger partial charge in [-0.25, -0.2) is 0 Å². The summed E-state index contributed by atoms with van der Waals surface area (Å²) in [4.78, 5) is 29.1. The molecule has 0 saturated heterocycles. The minimum atomic E-state index is 0.907. The van der Waals surface area contributed by atoms with Crippen LogP contribution in [0.3, 0.4) is 0 Å². The van der Waals surface area contributed by atoms with Crippen LogP contribution in [0.25, 0.3) is 164 Å². The molecule has 3 aromatic heterocycles. The van der Waals surface area contributed by atoms with Gasteiger partial charge in [-0.3, -0.25) is 29.9 Å². The van der Waals surface area contributed by atoms with Gasteiger partial charge in [-0.2, -0.15) is 0 Å². The number of fused-ring (bicyclic) bond motifs is 18. The lowest BCUT2D eigenvalue weighted by Gasteiger charge is -2.15. The largest absolute Gasteiger partial charge is 0.252 e. The van der Waals surface area contributed by atoms with E-state index >= 15 is 0 Å². The van der Waals surface area contributed by atoms with Gasteiger partial charge in [0.05, 0.1) is 33.1 Å². The highest BCUT2D eigenvalue weighted by Gasteiger charge is 2.17. The van der Waals surface area contributed by atoms with Crippen LogP contribution in [0.5, 0.6) is 0 Å². The highest BCUT2D eigenvalue weighted by Crippen LogP contribution is 2.42. The standard InChI is InChI=1S/C72H42N6/c1-4-19-61-55(16-1)58-25-22-49(40-64(58)70-67(61)73-28-31-76-70)43-10-7-13-46(34-43)52-37-53(47-14-8-11-44(35-47)50-23-26-59-56-17-2-5-20-62(56)68-71(65(59)41-50)77-32-29-74-68)39-54(38-52)48-15-9-12-45(36-48)51-24-27-60-57-18-3-6-21-63(57)69-72(66(60)42-51)78-33-30-75-69/h1-42H. The summed E-state index contributed by atoms with van der Waals surface area (Å²) in [5.41, 5.74) is 18.9. The summed E-state index contributed by atoms with van der Waals surface area (Å²) in [6, 6.07) is 79.6. The van der Waals surface area contributed by atoms with Crippen LogP contribution in [0.2, 0.25) is 0 Å². The fourth-order valence-corrected chi connectivity index (χ4v) is 12.2. The van der Waals surface area contributed by atoms with Crippen molar-refractivity contribution in [3.8, 4) is 66.8 Å². The van der Waals surface area contributed by atoms with Gasteiger partial charge in [0, 0.05) is 69.5 Å². The van der Waals surface area contributed by atoms with Crippen molar-refractivity contribution in [3.05, 3.63) is 256 Å². The molecule has 0 fully saturated rings. The zero-order valence-electron chi connectivity index (χ0n) is 41.9. The Morgan fingerprint density at radius 1 is 0.141 bits per heavy atom. The molecular weight excluding hydrogens is 949 g/mol. The maximum absolute atomic E-state index is 4.89. The second-order valence-electron chi connectivity index (χ2n) is 20.2. The van der Waals surface area contributed by atoms with E-state index in [1.54, 1.807) is 37.2 Å². The van der Waals surface area contributed by atoms with Gasteiger partial charge in [0.15, 0.2) is 0 Å². The molecule has 0 radical (unpaired) electrons. The second-order valence-corrected chi connectivity index (χ2v) is 20.2. The zero-order valence-corrected chi connectivity index (χ0v) is 41.9. The number of benzene rings is 13. The lowest BCUT2D eigenvalue weighted by Crippen LogP contribution is -1.90. The van der Waals surface area contributed by atoms with Gasteiger partial charge in [0.25, 0.3) is 0 Å². The molecule has 0 atom stereocenters. The fourth-order valence-electron chi connectivity index (χ4n) is 12.2. The Morgan fingerprint density at radius 3 is 0.628 bits per heavy atom. The molecular formula is C72H42N6. The molecule has 0 aliphatic heterocycles. The predicted octanol–water partition coefficient (Wildman–Crippen LogP) is 18.4. The van der Waals surface area contributed by atoms with E-state index in [2.05, 4.69) is 218 Å². The van der Waals surface area contributed by atoms with Gasteiger partial charge < -0.3 is 0 Å². The van der Waals surface area contributed by atoms with Crippen molar-refractivity contribution in [1.29, 1.82) is 0 Å². The van der Waals surface area contributed by atoms with Gasteiger partial charge >= 0.3 is 0 Å². The Hall–Kier alpha value is -10.6. The predicted molar refractivity (Wildman–Crippen MR) is 323 cm³/mol. The minimum absolute atomic E-state index is 0.907. The monoisotopic (exact) mass is 990 g/mol. The van der Waals surface area contributed by atoms with Crippen LogP contribution < -0.4 is 0 Å². The van der Waals surface area contributed by atoms with E-state index in [1.807, 2.05) is 0 Å². The molecule has 0 spiro atoms. The summed E-state index contributed by atoms with van der Waals surface area (Å²) < 4.78 is 0. The van der Waals surface area contributed by atoms with Gasteiger partial charge in [0.1, 0.15) is 0 Å². The molecule has 0 bridgehead atoms. The average molecular weight is 991 g/mol. The number of hydrogen-bond donors (Lipinski definition) is 0. The maximum Gasteiger partial charge on any atom is 0.0971 e. The Kier molecular flexibility index (Phi) is 9.84. The van der Waals surface area contributed by atoms with Crippen LogP contribution in [-0.4, -0.2) is 29.9 Å². The summed E-state index contributed by atoms with van der Waals surface area (Å²) in [6.07, 6.45) is 10.7. The van der Waals surface area contributed by atoms with Crippen molar-refractivity contribution in [3.63, 3.8) is 0 Å². The van der Waals surface area contributed by atoms with E-state index in [9.17, 15) is 0 Å². The highest BCUT2D eigenvalue weighted by atomic mass is 14.8. The van der Waals surface area contributed by atoms with Crippen LogP contribution >= 0.6 is 0 Å². The summed E-state index contributed by atoms with van der Waals surface area (Å²) in [6.45, 7) is 0. The third-order valence-electron chi connectivity index (χ3n) is 15.9. The van der Waals surface area contributed by atoms with E-state index < -0.39 is 0 Å². The van der Waals surface area contributed by atoms with E-state index in [0.717, 1.165) is 132 Å². The summed E-state index contributed by atoms with van der Waals surface area (Å²) in [5.74, 6) is 0. The second kappa shape index (κ2) is 17.5. The number of hydrogen-bond acceptors (Lipinski definition) is 6. The first-order valence-corrected chi connectivity index (χ1v) is 26.3. The smallest absolute Gasteiger partial charge is 0.0971 e. The minimum Gasteiger partial charge on any atom is -0.252 e. The molecule has 6 nitrogen and oxygen atoms in total. The molecule has 0 aliphatic carbocycles. The molecule has 0 aliphatic rings. The quantitative estimate of drug-likeness (QED) is 0.155. The molecule has 6 heteroatoms. The van der Waals surface area contributed by atoms with Gasteiger partial charge in [0.2, 0.25) is 0 Å². The van der Waals surface area contributed by atoms with Crippen LogP contribution in [0, 0.1) is 0 Å². The molecule has 16 aromatic rings. The van der Waals surface area contributed by atoms with Crippen LogP contribution in [0.4, 0.5) is 0 Å². The maximum atomic E-state index is 4.89. The SMILES string of the molecule is c1cc(-c2cc(-c3cccc(-c4ccc5c6ccccc6c6nccnc6c5c4)c3)cc(-c3cccc(-c4ccc5c6ccccc6c6nccnc6c5c4)c3)c2)cc(-c2ccc3c4ccccc4c4nccnc4c3c2)c1. The van der Waals surface area contributed by atoms with Crippen LogP contribution in [0.1, 0.15) is 0 Å². The fraction of sp³-hybridized carbons (Fsp3) is 0. The Morgan fingerprint density at radius 2 is 0.346 bits per heavy atom. The molecule has 0 saturated carbocycles. The Balaban J connectivity index is 0.850. The molecule has 16 rings (SSSR count). The molecule has 0 amide bonds. The summed E-state index contributed by atoms with van der Waals surface area (Å²) >= 11 is 0. The van der Waals surface area contributed by atoms with Crippen molar-refractivity contribution in [2.45, 2.75) is 0 Å². The summed E-state index contributed by atoms with van der Waals surface area (Å²) in [5, 5.41) is 13.6. The molecule has 0 N–H and O–H groups in total. The van der Waals surface area contributed by atoms with Gasteiger partial charge in [-0.15, -0.1) is 0 Å². The third-order valence-corrected chi connectivity index (χ3v) is 15.9. The molecule has 360 valence electrons. The third kappa shape index (κ3) is 7.04. The average Bonchev–Trinajstić information content (AvgIpc) is 3.64. The highest BCUT2D eigenvalue weighted by molar-refractivity contribution is 6.26. The molecule has 78 heavy (non-hydrogen) atoms.